The minimum absolute atomic E-state index is 0. The molecular weight excluding hydrogens is 354 g/mol. The third kappa shape index (κ3) is 15.4. The van der Waals surface area contributed by atoms with E-state index in [-0.39, 0.29) is 34.5 Å². The second kappa shape index (κ2) is 17.4. The van der Waals surface area contributed by atoms with Crippen LogP contribution in [0.3, 0.4) is 0 Å². The van der Waals surface area contributed by atoms with E-state index in [1.165, 1.54) is 18.2 Å². The van der Waals surface area contributed by atoms with Crippen molar-refractivity contribution < 1.29 is 42.3 Å². The summed E-state index contributed by atoms with van der Waals surface area (Å²) in [5.74, 6) is -0.398. The summed E-state index contributed by atoms with van der Waals surface area (Å²) in [5, 5.41) is 0.118. The molecule has 0 amide bonds. The van der Waals surface area contributed by atoms with Gasteiger partial charge >= 0.3 is 17.1 Å². The van der Waals surface area contributed by atoms with Gasteiger partial charge in [-0.25, -0.2) is 4.39 Å². The molecule has 0 atom stereocenters. The molecule has 19 heavy (non-hydrogen) atoms. The molecule has 0 aliphatic carbocycles. The minimum Gasteiger partial charge on any atom is -1.00 e. The van der Waals surface area contributed by atoms with Crippen molar-refractivity contribution in [2.45, 2.75) is 0 Å². The van der Waals surface area contributed by atoms with Crippen LogP contribution in [0.15, 0.2) is 48.5 Å². The Morgan fingerprint density at radius 2 is 1.58 bits per heavy atom. The van der Waals surface area contributed by atoms with Crippen LogP contribution in [0.4, 0.5) is 4.39 Å². The third-order valence-electron chi connectivity index (χ3n) is 1.37. The number of hydrogen-bond donors (Lipinski definition) is 0. The number of hydrogen-bond acceptors (Lipinski definition) is 3. The quantitative estimate of drug-likeness (QED) is 0.291. The first kappa shape index (κ1) is 23.5. The van der Waals surface area contributed by atoms with Crippen LogP contribution in [-0.4, -0.2) is 0 Å². The van der Waals surface area contributed by atoms with E-state index >= 15 is 0 Å². The second-order valence-corrected chi connectivity index (χ2v) is 3.05. The average molecular weight is 363 g/mol. The van der Waals surface area contributed by atoms with E-state index in [0.29, 0.717) is 0 Å². The molecular formula is C12H9Cl2FFeO2S-. The maximum absolute atomic E-state index is 12.2. The van der Waals surface area contributed by atoms with Crippen molar-refractivity contribution in [3.05, 3.63) is 71.5 Å². The van der Waals surface area contributed by atoms with E-state index in [2.05, 4.69) is 12.1 Å². The molecule has 0 aliphatic rings. The number of halogens is 3. The Hall–Kier alpha value is -0.581. The monoisotopic (exact) mass is 362 g/mol. The van der Waals surface area contributed by atoms with Crippen molar-refractivity contribution in [1.82, 2.24) is 0 Å². The van der Waals surface area contributed by atoms with Gasteiger partial charge in [-0.05, 0) is 5.02 Å². The van der Waals surface area contributed by atoms with E-state index in [1.54, 1.807) is 0 Å². The van der Waals surface area contributed by atoms with E-state index in [0.717, 1.165) is 0 Å². The molecule has 2 aromatic rings. The van der Waals surface area contributed by atoms with Gasteiger partial charge in [-0.3, -0.25) is 0 Å². The molecule has 0 bridgehead atoms. The van der Waals surface area contributed by atoms with Crippen LogP contribution in [-0.2, 0) is 37.1 Å². The molecule has 0 heterocycles. The maximum Gasteiger partial charge on any atom is 3.00 e. The van der Waals surface area contributed by atoms with Gasteiger partial charge in [-0.15, -0.1) is 6.07 Å². The Kier molecular flexibility index (Phi) is 21.6. The third-order valence-corrected chi connectivity index (χ3v) is 1.66. The van der Waals surface area contributed by atoms with Crippen LogP contribution in [0.2, 0.25) is 5.02 Å². The van der Waals surface area contributed by atoms with Gasteiger partial charge in [-0.1, -0.05) is 11.6 Å². The van der Waals surface area contributed by atoms with Crippen LogP contribution in [0.25, 0.3) is 0 Å². The zero-order valence-corrected chi connectivity index (χ0v) is 12.9. The summed E-state index contributed by atoms with van der Waals surface area (Å²) in [7, 11) is 0. The molecule has 1 radical (unpaired) electrons. The first-order valence-electron chi connectivity index (χ1n) is 4.39. The number of thiol groups is 1. The fourth-order valence-electron chi connectivity index (χ4n) is 0.733. The fourth-order valence-corrected chi connectivity index (χ4v) is 0.859. The molecule has 0 saturated carbocycles. The summed E-state index contributed by atoms with van der Waals surface area (Å²) in [6.45, 7) is 0. The van der Waals surface area contributed by atoms with Crippen molar-refractivity contribution in [3.8, 4) is 0 Å². The zero-order valence-electron chi connectivity index (χ0n) is 9.37. The number of benzene rings is 2. The maximum atomic E-state index is 12.2. The Morgan fingerprint density at radius 1 is 1.05 bits per heavy atom. The van der Waals surface area contributed by atoms with Gasteiger partial charge < -0.3 is 20.8 Å². The molecule has 0 saturated heterocycles. The van der Waals surface area contributed by atoms with Crippen LogP contribution in [0, 0.1) is 17.9 Å². The summed E-state index contributed by atoms with van der Waals surface area (Å²) in [4.78, 5) is 0. The number of rotatable bonds is 0. The standard InChI is InChI=1S/C6H3ClF.C6H5.ClH.Fe.HO2S/c7-5-3-1-2-4-6(5)8;1-2-4-6-5-3-1;;;1-3-2/h2-4H;1-5H;1H;;3H/q2*-1;;+3;-1/p-1. The summed E-state index contributed by atoms with van der Waals surface area (Å²) in [6, 6.07) is 19.3. The first-order chi connectivity index (χ1) is 8.22. The van der Waals surface area contributed by atoms with Gasteiger partial charge in [0.05, 0.1) is 0 Å². The van der Waals surface area contributed by atoms with Gasteiger partial charge in [-0.2, -0.15) is 66.2 Å². The molecule has 105 valence electrons. The predicted molar refractivity (Wildman–Crippen MR) is 65.7 cm³/mol. The van der Waals surface area contributed by atoms with E-state index in [1.807, 2.05) is 30.3 Å². The van der Waals surface area contributed by atoms with Crippen LogP contribution in [0.5, 0.6) is 0 Å². The van der Waals surface area contributed by atoms with E-state index in [4.69, 9.17) is 20.0 Å². The van der Waals surface area contributed by atoms with Crippen LogP contribution >= 0.6 is 11.6 Å². The van der Waals surface area contributed by atoms with E-state index < -0.39 is 17.4 Å². The fraction of sp³-hybridized carbons (Fsp3) is 0. The topological polar surface area (TPSA) is 34.1 Å². The molecule has 0 unspecified atom stereocenters. The van der Waals surface area contributed by atoms with Crippen LogP contribution in [0.1, 0.15) is 0 Å². The van der Waals surface area contributed by atoms with Gasteiger partial charge in [0.25, 0.3) is 0 Å². The molecule has 0 aliphatic heterocycles. The normalized spacial score (nSPS) is 7.26. The average Bonchev–Trinajstić information content (AvgIpc) is 2.37. The molecule has 0 spiro atoms. The van der Waals surface area contributed by atoms with Gasteiger partial charge in [0.15, 0.2) is 0 Å². The largest absolute Gasteiger partial charge is 3.00 e. The molecule has 0 aromatic heterocycles. The van der Waals surface area contributed by atoms with Crippen molar-refractivity contribution in [1.29, 1.82) is 0 Å². The van der Waals surface area contributed by atoms with Crippen molar-refractivity contribution in [2.24, 2.45) is 0 Å². The molecule has 0 fully saturated rings. The Balaban J connectivity index is -0.000000210. The molecule has 7 heteroatoms. The van der Waals surface area contributed by atoms with Crippen molar-refractivity contribution in [3.63, 3.8) is 0 Å². The molecule has 2 aromatic carbocycles. The summed E-state index contributed by atoms with van der Waals surface area (Å²) in [6.07, 6.45) is 0. The van der Waals surface area contributed by atoms with Crippen LogP contribution < -0.4 is 12.4 Å². The zero-order chi connectivity index (χ0) is 12.9. The second-order valence-electron chi connectivity index (χ2n) is 2.49. The Morgan fingerprint density at radius 3 is 1.79 bits per heavy atom. The SMILES string of the molecule is Fc1cc[c-]cc1Cl.O=[SH-]=O.[Cl-].[Fe+3].[c-]1ccccc1. The van der Waals surface area contributed by atoms with Crippen molar-refractivity contribution >= 4 is 23.2 Å². The predicted octanol–water partition coefficient (Wildman–Crippen LogP) is 0.260. The molecule has 0 N–H and O–H groups in total. The summed E-state index contributed by atoms with van der Waals surface area (Å²) >= 11 is 4.22. The summed E-state index contributed by atoms with van der Waals surface area (Å²) in [5.41, 5.74) is 0. The van der Waals surface area contributed by atoms with Crippen molar-refractivity contribution in [2.75, 3.05) is 0 Å². The van der Waals surface area contributed by atoms with E-state index in [9.17, 15) is 4.39 Å². The Labute approximate surface area is 136 Å². The summed E-state index contributed by atoms with van der Waals surface area (Å²) < 4.78 is 28.9. The van der Waals surface area contributed by atoms with Gasteiger partial charge in [0, 0.05) is 5.82 Å². The van der Waals surface area contributed by atoms with Gasteiger partial charge in [0.2, 0.25) is 0 Å². The smallest absolute Gasteiger partial charge is 1.00 e. The van der Waals surface area contributed by atoms with Gasteiger partial charge in [0.1, 0.15) is 0 Å². The first-order valence-corrected chi connectivity index (χ1v) is 5.50. The molecule has 2 nitrogen and oxygen atoms in total. The molecule has 2 rings (SSSR count). The Bertz CT molecular complexity index is 407. The minimum atomic E-state index is -1.08.